The van der Waals surface area contributed by atoms with Gasteiger partial charge in [0.1, 0.15) is 0 Å². The molecule has 1 aliphatic rings. The molecule has 0 spiro atoms. The molecule has 0 unspecified atom stereocenters. The lowest BCUT2D eigenvalue weighted by Crippen LogP contribution is -2.50. The van der Waals surface area contributed by atoms with Crippen molar-refractivity contribution in [2.75, 3.05) is 19.7 Å². The van der Waals surface area contributed by atoms with Gasteiger partial charge in [-0.3, -0.25) is 9.78 Å². The third-order valence-corrected chi connectivity index (χ3v) is 4.56. The van der Waals surface area contributed by atoms with Gasteiger partial charge in [-0.2, -0.15) is 0 Å². The van der Waals surface area contributed by atoms with E-state index in [9.17, 15) is 4.79 Å². The zero-order valence-electron chi connectivity index (χ0n) is 14.0. The first-order chi connectivity index (χ1) is 11.6. The van der Waals surface area contributed by atoms with Gasteiger partial charge >= 0.3 is 0 Å². The Morgan fingerprint density at radius 1 is 1.17 bits per heavy atom. The molecule has 24 heavy (non-hydrogen) atoms. The van der Waals surface area contributed by atoms with Gasteiger partial charge in [0.25, 0.3) is 5.91 Å². The highest BCUT2D eigenvalue weighted by molar-refractivity contribution is 6.15. The first kappa shape index (κ1) is 15.1. The molecule has 0 radical (unpaired) electrons. The van der Waals surface area contributed by atoms with Gasteiger partial charge in [0.15, 0.2) is 0 Å². The number of rotatable bonds is 1. The van der Waals surface area contributed by atoms with Crippen molar-refractivity contribution in [3.63, 3.8) is 0 Å². The van der Waals surface area contributed by atoms with Crippen LogP contribution >= 0.6 is 0 Å². The number of aromatic nitrogens is 1. The number of nitrogens with zero attached hydrogens (tertiary/aromatic N) is 2. The second kappa shape index (κ2) is 5.56. The summed E-state index contributed by atoms with van der Waals surface area (Å²) >= 11 is 0. The van der Waals surface area contributed by atoms with Crippen molar-refractivity contribution in [2.45, 2.75) is 19.4 Å². The maximum atomic E-state index is 13.2. The Labute approximate surface area is 141 Å². The van der Waals surface area contributed by atoms with Crippen molar-refractivity contribution in [1.82, 2.24) is 9.88 Å². The predicted molar refractivity (Wildman–Crippen MR) is 95.2 cm³/mol. The van der Waals surface area contributed by atoms with Gasteiger partial charge in [-0.15, -0.1) is 0 Å². The van der Waals surface area contributed by atoms with Crippen LogP contribution in [-0.2, 0) is 4.74 Å². The minimum absolute atomic E-state index is 0.0285. The van der Waals surface area contributed by atoms with Crippen LogP contribution in [0.4, 0.5) is 0 Å². The summed E-state index contributed by atoms with van der Waals surface area (Å²) in [5.74, 6) is 0.0285. The van der Waals surface area contributed by atoms with Crippen LogP contribution in [0.3, 0.4) is 0 Å². The summed E-state index contributed by atoms with van der Waals surface area (Å²) in [5.41, 5.74) is 1.13. The third-order valence-electron chi connectivity index (χ3n) is 4.56. The quantitative estimate of drug-likeness (QED) is 0.643. The average Bonchev–Trinajstić information content (AvgIpc) is 2.59. The number of carbonyl (C=O) groups is 1. The maximum Gasteiger partial charge on any atom is 0.256 e. The smallest absolute Gasteiger partial charge is 0.256 e. The van der Waals surface area contributed by atoms with Crippen molar-refractivity contribution < 1.29 is 9.53 Å². The molecule has 0 aliphatic carbocycles. The Hall–Kier alpha value is -2.46. The van der Waals surface area contributed by atoms with Gasteiger partial charge in [-0.05, 0) is 36.8 Å². The lowest BCUT2D eigenvalue weighted by Gasteiger charge is -2.38. The molecule has 0 N–H and O–H groups in total. The summed E-state index contributed by atoms with van der Waals surface area (Å²) in [5, 5.41) is 3.21. The number of benzene rings is 2. The number of fused-ring (bicyclic) bond motifs is 3. The Bertz CT molecular complexity index is 933. The van der Waals surface area contributed by atoms with E-state index in [1.807, 2.05) is 55.1 Å². The van der Waals surface area contributed by atoms with Crippen LogP contribution in [0.15, 0.2) is 48.7 Å². The summed E-state index contributed by atoms with van der Waals surface area (Å²) in [6.07, 6.45) is 1.75. The number of ether oxygens (including phenoxy) is 1. The lowest BCUT2D eigenvalue weighted by atomic mass is 9.99. The zero-order valence-corrected chi connectivity index (χ0v) is 14.0. The Balaban J connectivity index is 1.87. The van der Waals surface area contributed by atoms with Crippen LogP contribution in [-0.4, -0.2) is 41.1 Å². The van der Waals surface area contributed by atoms with E-state index >= 15 is 0 Å². The summed E-state index contributed by atoms with van der Waals surface area (Å²) in [4.78, 5) is 19.6. The maximum absolute atomic E-state index is 13.2. The third kappa shape index (κ3) is 2.53. The number of morpholine rings is 1. The first-order valence-corrected chi connectivity index (χ1v) is 8.25. The Morgan fingerprint density at radius 2 is 1.96 bits per heavy atom. The number of hydrogen-bond acceptors (Lipinski definition) is 3. The Kier molecular flexibility index (Phi) is 3.50. The van der Waals surface area contributed by atoms with Crippen LogP contribution in [0.5, 0.6) is 0 Å². The second-order valence-corrected chi connectivity index (χ2v) is 6.88. The van der Waals surface area contributed by atoms with Crippen LogP contribution < -0.4 is 0 Å². The molecule has 0 saturated carbocycles. The van der Waals surface area contributed by atoms with E-state index in [1.165, 1.54) is 0 Å². The molecule has 1 aromatic heterocycles. The number of hydrogen-bond donors (Lipinski definition) is 0. The molecule has 4 heteroatoms. The van der Waals surface area contributed by atoms with Crippen LogP contribution in [0.1, 0.15) is 24.2 Å². The van der Waals surface area contributed by atoms with E-state index in [0.29, 0.717) is 25.3 Å². The number of carbonyl (C=O) groups excluding carboxylic acids is 1. The first-order valence-electron chi connectivity index (χ1n) is 8.25. The van der Waals surface area contributed by atoms with E-state index in [2.05, 4.69) is 11.1 Å². The normalized spacial score (nSPS) is 17.3. The van der Waals surface area contributed by atoms with Crippen LogP contribution in [0, 0.1) is 0 Å². The van der Waals surface area contributed by atoms with Crippen molar-refractivity contribution >= 4 is 27.6 Å². The topological polar surface area (TPSA) is 42.4 Å². The Morgan fingerprint density at radius 3 is 2.79 bits per heavy atom. The molecule has 122 valence electrons. The van der Waals surface area contributed by atoms with E-state index in [0.717, 1.165) is 21.7 Å². The van der Waals surface area contributed by atoms with Crippen molar-refractivity contribution in [3.05, 3.63) is 54.2 Å². The summed E-state index contributed by atoms with van der Waals surface area (Å²) < 4.78 is 5.73. The molecule has 1 aliphatic heterocycles. The van der Waals surface area contributed by atoms with Crippen molar-refractivity contribution in [3.8, 4) is 0 Å². The van der Waals surface area contributed by atoms with E-state index in [-0.39, 0.29) is 11.5 Å². The van der Waals surface area contributed by atoms with Crippen LogP contribution in [0.2, 0.25) is 0 Å². The standard InChI is InChI=1S/C20H20N2O2/c1-20(2)13-22(10-11-24-20)19(23)17-12-14-6-3-4-7-15(14)16-8-5-9-21-18(16)17/h3-9,12H,10-11,13H2,1-2H3. The monoisotopic (exact) mass is 320 g/mol. The van der Waals surface area contributed by atoms with Gasteiger partial charge in [0.05, 0.1) is 23.3 Å². The molecule has 2 aromatic carbocycles. The molecule has 4 nitrogen and oxygen atoms in total. The van der Waals surface area contributed by atoms with E-state index in [1.54, 1.807) is 6.20 Å². The van der Waals surface area contributed by atoms with E-state index < -0.39 is 0 Å². The average molecular weight is 320 g/mol. The molecular formula is C20H20N2O2. The summed E-state index contributed by atoms with van der Waals surface area (Å²) in [6.45, 7) is 5.81. The van der Waals surface area contributed by atoms with Crippen molar-refractivity contribution in [2.24, 2.45) is 0 Å². The van der Waals surface area contributed by atoms with Gasteiger partial charge in [-0.1, -0.05) is 30.3 Å². The highest BCUT2D eigenvalue weighted by atomic mass is 16.5. The fraction of sp³-hybridized carbons (Fsp3) is 0.300. The summed E-state index contributed by atoms with van der Waals surface area (Å²) in [6, 6.07) is 14.0. The predicted octanol–water partition coefficient (Wildman–Crippen LogP) is 3.64. The molecule has 0 atom stereocenters. The zero-order chi connectivity index (χ0) is 16.7. The molecule has 1 saturated heterocycles. The molecule has 0 bridgehead atoms. The van der Waals surface area contributed by atoms with Gasteiger partial charge < -0.3 is 9.64 Å². The largest absolute Gasteiger partial charge is 0.372 e. The van der Waals surface area contributed by atoms with Crippen LogP contribution in [0.25, 0.3) is 21.7 Å². The highest BCUT2D eigenvalue weighted by Crippen LogP contribution is 2.29. The van der Waals surface area contributed by atoms with Gasteiger partial charge in [0.2, 0.25) is 0 Å². The van der Waals surface area contributed by atoms with Crippen molar-refractivity contribution in [1.29, 1.82) is 0 Å². The lowest BCUT2D eigenvalue weighted by molar-refractivity contribution is -0.0763. The minimum atomic E-state index is -0.312. The van der Waals surface area contributed by atoms with Gasteiger partial charge in [0, 0.05) is 24.7 Å². The number of amides is 1. The molecular weight excluding hydrogens is 300 g/mol. The summed E-state index contributed by atoms with van der Waals surface area (Å²) in [7, 11) is 0. The van der Waals surface area contributed by atoms with E-state index in [4.69, 9.17) is 4.74 Å². The minimum Gasteiger partial charge on any atom is -0.372 e. The SMILES string of the molecule is CC1(C)CN(C(=O)c2cc3ccccc3c3cccnc23)CCO1. The fourth-order valence-electron chi connectivity index (χ4n) is 3.45. The highest BCUT2D eigenvalue weighted by Gasteiger charge is 2.31. The fourth-order valence-corrected chi connectivity index (χ4v) is 3.45. The number of pyridine rings is 1. The molecule has 2 heterocycles. The molecule has 1 fully saturated rings. The molecule has 3 aromatic rings. The second-order valence-electron chi connectivity index (χ2n) is 6.88. The molecule has 4 rings (SSSR count). The van der Waals surface area contributed by atoms with Gasteiger partial charge in [-0.25, -0.2) is 0 Å². The molecule has 1 amide bonds.